The summed E-state index contributed by atoms with van der Waals surface area (Å²) >= 11 is 4.57. The fraction of sp³-hybridized carbons (Fsp3) is 0.0769. The summed E-state index contributed by atoms with van der Waals surface area (Å²) in [5, 5.41) is 0. The molecule has 0 unspecified atom stereocenters. The lowest BCUT2D eigenvalue weighted by Gasteiger charge is -2.21. The minimum atomic E-state index is -0.868. The van der Waals surface area contributed by atoms with Gasteiger partial charge in [-0.25, -0.2) is 0 Å². The van der Waals surface area contributed by atoms with Gasteiger partial charge in [0, 0.05) is 7.14 Å². The number of fused-ring (bicyclic) bond motifs is 3. The van der Waals surface area contributed by atoms with E-state index in [2.05, 4.69) is 81.6 Å². The van der Waals surface area contributed by atoms with E-state index in [1.807, 2.05) is 0 Å². The largest absolute Gasteiger partial charge is 0.306 e. The van der Waals surface area contributed by atoms with Crippen molar-refractivity contribution in [3.63, 3.8) is 0 Å². The first-order chi connectivity index (χ1) is 8.00. The lowest BCUT2D eigenvalue weighted by atomic mass is 10.00. The van der Waals surface area contributed by atoms with Crippen molar-refractivity contribution in [3.8, 4) is 11.1 Å². The summed E-state index contributed by atoms with van der Waals surface area (Å²) in [4.78, 5) is 0. The first kappa shape index (κ1) is 11.9. The molecule has 0 amide bonds. The first-order valence-corrected chi connectivity index (χ1v) is 7.34. The van der Waals surface area contributed by atoms with Crippen LogP contribution in [0.2, 0.25) is 0 Å². The average molecular weight is 448 g/mol. The molecule has 0 atom stereocenters. The molecule has 17 heavy (non-hydrogen) atoms. The molecule has 4 N–H and O–H groups in total. The van der Waals surface area contributed by atoms with Crippen molar-refractivity contribution < 1.29 is 0 Å². The maximum Gasteiger partial charge on any atom is 0.118 e. The van der Waals surface area contributed by atoms with Crippen molar-refractivity contribution in [2.24, 2.45) is 11.5 Å². The first-order valence-electron chi connectivity index (χ1n) is 5.18. The average Bonchev–Trinajstić information content (AvgIpc) is 2.49. The fourth-order valence-electron chi connectivity index (χ4n) is 2.33. The monoisotopic (exact) mass is 448 g/mol. The van der Waals surface area contributed by atoms with Crippen molar-refractivity contribution >= 4 is 45.2 Å². The van der Waals surface area contributed by atoms with Crippen LogP contribution in [0.3, 0.4) is 0 Å². The minimum absolute atomic E-state index is 0.868. The van der Waals surface area contributed by atoms with Crippen LogP contribution in [0.25, 0.3) is 11.1 Å². The van der Waals surface area contributed by atoms with Gasteiger partial charge >= 0.3 is 0 Å². The molecule has 2 aromatic rings. The number of nitrogens with two attached hydrogens (primary N) is 2. The molecular formula is C13H10I2N2. The Morgan fingerprint density at radius 1 is 0.765 bits per heavy atom. The summed E-state index contributed by atoms with van der Waals surface area (Å²) < 4.78 is 2.31. The van der Waals surface area contributed by atoms with Crippen molar-refractivity contribution in [1.29, 1.82) is 0 Å². The molecule has 86 valence electrons. The SMILES string of the molecule is NC1(N)c2cc(I)ccc2-c2ccc(I)cc21. The van der Waals surface area contributed by atoms with Crippen LogP contribution in [-0.2, 0) is 5.66 Å². The summed E-state index contributed by atoms with van der Waals surface area (Å²) in [7, 11) is 0. The van der Waals surface area contributed by atoms with Gasteiger partial charge in [-0.3, -0.25) is 0 Å². The lowest BCUT2D eigenvalue weighted by molar-refractivity contribution is 0.583. The summed E-state index contributed by atoms with van der Waals surface area (Å²) in [5.74, 6) is 0. The Hall–Kier alpha value is -0.180. The van der Waals surface area contributed by atoms with Crippen LogP contribution in [-0.4, -0.2) is 0 Å². The molecule has 0 radical (unpaired) electrons. The Morgan fingerprint density at radius 2 is 1.18 bits per heavy atom. The van der Waals surface area contributed by atoms with Gasteiger partial charge in [0.2, 0.25) is 0 Å². The van der Waals surface area contributed by atoms with Gasteiger partial charge in [0.1, 0.15) is 5.66 Å². The quantitative estimate of drug-likeness (QED) is 0.482. The molecule has 0 fully saturated rings. The van der Waals surface area contributed by atoms with Crippen LogP contribution in [0.15, 0.2) is 36.4 Å². The highest BCUT2D eigenvalue weighted by atomic mass is 127. The molecule has 0 spiro atoms. The molecule has 0 saturated carbocycles. The molecule has 0 heterocycles. The summed E-state index contributed by atoms with van der Waals surface area (Å²) in [6, 6.07) is 12.5. The van der Waals surface area contributed by atoms with E-state index >= 15 is 0 Å². The van der Waals surface area contributed by atoms with Crippen LogP contribution in [0.5, 0.6) is 0 Å². The molecular weight excluding hydrogens is 438 g/mol. The molecule has 1 aliphatic rings. The number of hydrogen-bond acceptors (Lipinski definition) is 2. The van der Waals surface area contributed by atoms with Gasteiger partial charge in [-0.1, -0.05) is 12.1 Å². The van der Waals surface area contributed by atoms with Crippen molar-refractivity contribution in [2.75, 3.05) is 0 Å². The number of rotatable bonds is 0. The molecule has 2 nitrogen and oxygen atoms in total. The van der Waals surface area contributed by atoms with E-state index in [-0.39, 0.29) is 0 Å². The fourth-order valence-corrected chi connectivity index (χ4v) is 3.31. The van der Waals surface area contributed by atoms with Crippen LogP contribution in [0, 0.1) is 7.14 Å². The van der Waals surface area contributed by atoms with E-state index in [1.54, 1.807) is 0 Å². The molecule has 1 aliphatic carbocycles. The van der Waals surface area contributed by atoms with E-state index in [0.29, 0.717) is 0 Å². The molecule has 4 heteroatoms. The predicted molar refractivity (Wildman–Crippen MR) is 86.5 cm³/mol. The number of halogens is 2. The molecule has 0 aliphatic heterocycles. The molecule has 0 saturated heterocycles. The normalized spacial score (nSPS) is 15.5. The Labute approximate surface area is 127 Å². The minimum Gasteiger partial charge on any atom is -0.306 e. The molecule has 3 rings (SSSR count). The van der Waals surface area contributed by atoms with Gasteiger partial charge in [0.05, 0.1) is 0 Å². The van der Waals surface area contributed by atoms with E-state index in [4.69, 9.17) is 11.5 Å². The zero-order valence-electron chi connectivity index (χ0n) is 8.87. The van der Waals surface area contributed by atoms with Crippen molar-refractivity contribution in [3.05, 3.63) is 54.7 Å². The molecule has 0 aromatic heterocycles. The van der Waals surface area contributed by atoms with E-state index in [1.165, 1.54) is 0 Å². The van der Waals surface area contributed by atoms with Crippen LogP contribution < -0.4 is 11.5 Å². The third-order valence-electron chi connectivity index (χ3n) is 3.14. The highest BCUT2D eigenvalue weighted by Gasteiger charge is 2.36. The molecule has 0 bridgehead atoms. The van der Waals surface area contributed by atoms with Crippen LogP contribution in [0.4, 0.5) is 0 Å². The highest BCUT2D eigenvalue weighted by Crippen LogP contribution is 2.44. The number of benzene rings is 2. The number of hydrogen-bond donors (Lipinski definition) is 2. The summed E-state index contributed by atoms with van der Waals surface area (Å²) in [6.07, 6.45) is 0. The Bertz CT molecular complexity index is 567. The van der Waals surface area contributed by atoms with Gasteiger partial charge in [-0.15, -0.1) is 0 Å². The van der Waals surface area contributed by atoms with Gasteiger partial charge in [-0.2, -0.15) is 0 Å². The second-order valence-corrected chi connectivity index (χ2v) is 6.74. The maximum absolute atomic E-state index is 6.31. The van der Waals surface area contributed by atoms with E-state index in [9.17, 15) is 0 Å². The van der Waals surface area contributed by atoms with Gasteiger partial charge < -0.3 is 11.5 Å². The second-order valence-electron chi connectivity index (χ2n) is 4.25. The second kappa shape index (κ2) is 3.91. The third kappa shape index (κ3) is 1.73. The third-order valence-corrected chi connectivity index (χ3v) is 4.49. The Balaban J connectivity index is 2.37. The van der Waals surface area contributed by atoms with E-state index in [0.717, 1.165) is 29.4 Å². The zero-order valence-corrected chi connectivity index (χ0v) is 13.2. The summed E-state index contributed by atoms with van der Waals surface area (Å²) in [6.45, 7) is 0. The summed E-state index contributed by atoms with van der Waals surface area (Å²) in [5.41, 5.74) is 16.1. The standard InChI is InChI=1S/C13H10I2N2/c14-7-1-3-9-10-4-2-8(15)6-12(10)13(16,17)11(9)5-7/h1-6H,16-17H2. The zero-order chi connectivity index (χ0) is 12.2. The Kier molecular flexibility index (Phi) is 2.73. The van der Waals surface area contributed by atoms with Gasteiger partial charge in [0.25, 0.3) is 0 Å². The Morgan fingerprint density at radius 3 is 1.59 bits per heavy atom. The van der Waals surface area contributed by atoms with Gasteiger partial charge in [0.15, 0.2) is 0 Å². The van der Waals surface area contributed by atoms with E-state index < -0.39 is 5.66 Å². The smallest absolute Gasteiger partial charge is 0.118 e. The van der Waals surface area contributed by atoms with Crippen LogP contribution in [0.1, 0.15) is 11.1 Å². The van der Waals surface area contributed by atoms with Crippen LogP contribution >= 0.6 is 45.2 Å². The lowest BCUT2D eigenvalue weighted by Crippen LogP contribution is -2.45. The predicted octanol–water partition coefficient (Wildman–Crippen LogP) is 2.99. The topological polar surface area (TPSA) is 52.0 Å². The van der Waals surface area contributed by atoms with Gasteiger partial charge in [-0.05, 0) is 91.7 Å². The molecule has 2 aromatic carbocycles. The maximum atomic E-state index is 6.31. The highest BCUT2D eigenvalue weighted by molar-refractivity contribution is 14.1. The van der Waals surface area contributed by atoms with Crippen molar-refractivity contribution in [1.82, 2.24) is 0 Å². The van der Waals surface area contributed by atoms with Crippen molar-refractivity contribution in [2.45, 2.75) is 5.66 Å².